The molecule has 0 unspecified atom stereocenters. The number of benzene rings is 1. The fourth-order valence-electron chi connectivity index (χ4n) is 2.65. The molecule has 1 fully saturated rings. The fourth-order valence-corrected chi connectivity index (χ4v) is 2.88. The lowest BCUT2D eigenvalue weighted by Crippen LogP contribution is -2.33. The number of amides is 1. The molecule has 0 saturated heterocycles. The minimum atomic E-state index is -0.556. The van der Waals surface area contributed by atoms with Gasteiger partial charge in [0, 0.05) is 18.2 Å². The predicted octanol–water partition coefficient (Wildman–Crippen LogP) is 2.99. The van der Waals surface area contributed by atoms with Crippen molar-refractivity contribution >= 4 is 18.1 Å². The number of H-pyrrole nitrogens is 1. The average Bonchev–Trinajstić information content (AvgIpc) is 3.34. The van der Waals surface area contributed by atoms with Crippen LogP contribution in [0.15, 0.2) is 48.7 Å². The number of carbonyl (C=O) groups is 1. The molecular weight excluding hydrogens is 296 g/mol. The van der Waals surface area contributed by atoms with Crippen molar-refractivity contribution in [1.82, 2.24) is 10.3 Å². The summed E-state index contributed by atoms with van der Waals surface area (Å²) in [6.45, 7) is 0.450. The summed E-state index contributed by atoms with van der Waals surface area (Å²) in [5.74, 6) is -0.201. The van der Waals surface area contributed by atoms with E-state index in [2.05, 4.69) is 10.3 Å². The summed E-state index contributed by atoms with van der Waals surface area (Å²) in [7, 11) is 0. The van der Waals surface area contributed by atoms with Gasteiger partial charge in [0.2, 0.25) is 0 Å². The summed E-state index contributed by atoms with van der Waals surface area (Å²) >= 11 is 5.11. The van der Waals surface area contributed by atoms with Crippen LogP contribution in [0.3, 0.4) is 0 Å². The lowest BCUT2D eigenvalue weighted by Gasteiger charge is -2.23. The first-order valence-corrected chi connectivity index (χ1v) is 7.72. The lowest BCUT2D eigenvalue weighted by molar-refractivity contribution is 0.0807. The molecule has 3 rings (SSSR count). The molecular formula is C17H18N2O2S. The Morgan fingerprint density at radius 2 is 2.00 bits per heavy atom. The molecule has 1 aromatic carbocycles. The van der Waals surface area contributed by atoms with Gasteiger partial charge in [0.25, 0.3) is 5.91 Å². The van der Waals surface area contributed by atoms with Crippen LogP contribution in [0.1, 0.15) is 34.9 Å². The summed E-state index contributed by atoms with van der Waals surface area (Å²) in [6, 6.07) is 13.0. The van der Waals surface area contributed by atoms with Crippen molar-refractivity contribution in [3.8, 4) is 0 Å². The van der Waals surface area contributed by atoms with Crippen molar-refractivity contribution in [1.29, 1.82) is 0 Å². The minimum Gasteiger partial charge on any atom is -0.388 e. The van der Waals surface area contributed by atoms with Crippen LogP contribution in [0.4, 0.5) is 0 Å². The topological polar surface area (TPSA) is 65.1 Å². The van der Waals surface area contributed by atoms with Crippen molar-refractivity contribution < 1.29 is 9.90 Å². The molecule has 2 aromatic rings. The number of aromatic amines is 1. The number of carbonyl (C=O) groups excluding carboxylic acids is 1. The molecule has 1 aliphatic rings. The second kappa shape index (κ2) is 6.02. The molecule has 1 aliphatic carbocycles. The van der Waals surface area contributed by atoms with Gasteiger partial charge < -0.3 is 15.4 Å². The van der Waals surface area contributed by atoms with Crippen molar-refractivity contribution in [2.45, 2.75) is 18.9 Å². The van der Waals surface area contributed by atoms with Gasteiger partial charge in [-0.05, 0) is 30.5 Å². The molecule has 0 spiro atoms. The molecule has 0 aliphatic heterocycles. The monoisotopic (exact) mass is 314 g/mol. The Labute approximate surface area is 134 Å². The largest absolute Gasteiger partial charge is 0.388 e. The Hall–Kier alpha value is -1.98. The van der Waals surface area contributed by atoms with Crippen molar-refractivity contribution in [3.05, 3.63) is 64.4 Å². The first kappa shape index (κ1) is 14.9. The molecule has 0 bridgehead atoms. The lowest BCUT2D eigenvalue weighted by atomic mass is 9.92. The van der Waals surface area contributed by atoms with Gasteiger partial charge in [-0.1, -0.05) is 42.5 Å². The molecule has 22 heavy (non-hydrogen) atoms. The van der Waals surface area contributed by atoms with E-state index in [0.29, 0.717) is 16.7 Å². The molecule has 114 valence electrons. The summed E-state index contributed by atoms with van der Waals surface area (Å²) in [5.41, 5.74) is 1.10. The molecule has 3 N–H and O–H groups in total. The molecule has 1 heterocycles. The summed E-state index contributed by atoms with van der Waals surface area (Å²) in [5, 5.41) is 13.5. The van der Waals surface area contributed by atoms with Gasteiger partial charge in [-0.15, -0.1) is 0 Å². The van der Waals surface area contributed by atoms with E-state index in [1.807, 2.05) is 30.3 Å². The third-order valence-electron chi connectivity index (χ3n) is 4.25. The highest BCUT2D eigenvalue weighted by Gasteiger charge is 2.49. The van der Waals surface area contributed by atoms with Crippen LogP contribution in [0, 0.1) is 10.1 Å². The maximum Gasteiger partial charge on any atom is 0.254 e. The summed E-state index contributed by atoms with van der Waals surface area (Å²) in [4.78, 5) is 15.1. The SMILES string of the molecule is O=C(NCC1([C@H](O)c2ccccc2)CC1)c1ccc[nH]c1=S. The number of rotatable bonds is 5. The maximum atomic E-state index is 12.2. The van der Waals surface area contributed by atoms with Crippen LogP contribution in [0.25, 0.3) is 0 Å². The van der Waals surface area contributed by atoms with Gasteiger partial charge in [-0.2, -0.15) is 0 Å². The second-order valence-corrected chi connectivity index (χ2v) is 6.18. The molecule has 4 nitrogen and oxygen atoms in total. The number of hydrogen-bond acceptors (Lipinski definition) is 3. The van der Waals surface area contributed by atoms with E-state index in [9.17, 15) is 9.90 Å². The average molecular weight is 314 g/mol. The molecule has 1 saturated carbocycles. The number of aliphatic hydroxyl groups is 1. The van der Waals surface area contributed by atoms with Crippen LogP contribution in [-0.4, -0.2) is 22.5 Å². The summed E-state index contributed by atoms with van der Waals surface area (Å²) in [6.07, 6.45) is 2.95. The molecule has 1 amide bonds. The number of nitrogens with one attached hydrogen (secondary N) is 2. The third kappa shape index (κ3) is 2.96. The summed E-state index contributed by atoms with van der Waals surface area (Å²) < 4.78 is 0.424. The smallest absolute Gasteiger partial charge is 0.254 e. The normalized spacial score (nSPS) is 16.8. The third-order valence-corrected chi connectivity index (χ3v) is 4.59. The zero-order valence-electron chi connectivity index (χ0n) is 12.1. The number of pyridine rings is 1. The first-order chi connectivity index (χ1) is 10.6. The molecule has 0 radical (unpaired) electrons. The Morgan fingerprint density at radius 3 is 2.64 bits per heavy atom. The number of aromatic nitrogens is 1. The number of aliphatic hydroxyl groups excluding tert-OH is 1. The predicted molar refractivity (Wildman–Crippen MR) is 87.0 cm³/mol. The van der Waals surface area contributed by atoms with E-state index >= 15 is 0 Å². The number of hydrogen-bond donors (Lipinski definition) is 3. The zero-order chi connectivity index (χ0) is 15.6. The van der Waals surface area contributed by atoms with E-state index in [-0.39, 0.29) is 11.3 Å². The Kier molecular flexibility index (Phi) is 4.09. The van der Waals surface area contributed by atoms with Gasteiger partial charge in [0.15, 0.2) is 0 Å². The van der Waals surface area contributed by atoms with E-state index in [1.54, 1.807) is 18.3 Å². The Morgan fingerprint density at radius 1 is 1.27 bits per heavy atom. The molecule has 1 atom stereocenters. The van der Waals surface area contributed by atoms with Crippen LogP contribution >= 0.6 is 12.2 Å². The zero-order valence-corrected chi connectivity index (χ0v) is 12.9. The Balaban J connectivity index is 1.67. The molecule has 5 heteroatoms. The second-order valence-electron chi connectivity index (χ2n) is 5.77. The first-order valence-electron chi connectivity index (χ1n) is 7.31. The maximum absolute atomic E-state index is 12.2. The van der Waals surface area contributed by atoms with Gasteiger partial charge in [0.1, 0.15) is 4.64 Å². The van der Waals surface area contributed by atoms with Crippen LogP contribution < -0.4 is 5.32 Å². The van der Waals surface area contributed by atoms with Crippen LogP contribution in [0.2, 0.25) is 0 Å². The minimum absolute atomic E-state index is 0.201. The highest BCUT2D eigenvalue weighted by Crippen LogP contribution is 2.54. The van der Waals surface area contributed by atoms with Crippen LogP contribution in [-0.2, 0) is 0 Å². The van der Waals surface area contributed by atoms with E-state index in [0.717, 1.165) is 18.4 Å². The standard InChI is InChI=1S/C17H18N2O2S/c20-14(12-5-2-1-3-6-12)17(8-9-17)11-19-15(21)13-7-4-10-18-16(13)22/h1-7,10,14,20H,8-9,11H2,(H,18,22)(H,19,21)/t14-/m1/s1. The van der Waals surface area contributed by atoms with Crippen molar-refractivity contribution in [2.75, 3.05) is 6.54 Å². The van der Waals surface area contributed by atoms with E-state index < -0.39 is 6.10 Å². The highest BCUT2D eigenvalue weighted by molar-refractivity contribution is 7.71. The molecule has 1 aromatic heterocycles. The van der Waals surface area contributed by atoms with Gasteiger partial charge in [-0.25, -0.2) is 0 Å². The van der Waals surface area contributed by atoms with Crippen LogP contribution in [0.5, 0.6) is 0 Å². The van der Waals surface area contributed by atoms with Gasteiger partial charge in [0.05, 0.1) is 11.7 Å². The Bertz CT molecular complexity index is 723. The quantitative estimate of drug-likeness (QED) is 0.743. The van der Waals surface area contributed by atoms with E-state index in [1.165, 1.54) is 0 Å². The fraction of sp³-hybridized carbons (Fsp3) is 0.294. The van der Waals surface area contributed by atoms with Crippen molar-refractivity contribution in [3.63, 3.8) is 0 Å². The van der Waals surface area contributed by atoms with Crippen molar-refractivity contribution in [2.24, 2.45) is 5.41 Å². The van der Waals surface area contributed by atoms with Gasteiger partial charge in [-0.3, -0.25) is 4.79 Å². The highest BCUT2D eigenvalue weighted by atomic mass is 32.1. The van der Waals surface area contributed by atoms with E-state index in [4.69, 9.17) is 12.2 Å². The van der Waals surface area contributed by atoms with Gasteiger partial charge >= 0.3 is 0 Å².